The van der Waals surface area contributed by atoms with E-state index in [1.165, 1.54) is 15.9 Å². The molecule has 0 aliphatic heterocycles. The molecule has 2 heteroatoms. The van der Waals surface area contributed by atoms with Crippen molar-refractivity contribution in [3.8, 4) is 0 Å². The molecule has 0 aliphatic carbocycles. The summed E-state index contributed by atoms with van der Waals surface area (Å²) in [4.78, 5) is 0. The van der Waals surface area contributed by atoms with E-state index in [0.717, 1.165) is 0 Å². The van der Waals surface area contributed by atoms with Crippen LogP contribution in [0, 0.1) is 0 Å². The molecule has 0 bridgehead atoms. The fourth-order valence-electron chi connectivity index (χ4n) is 2.61. The van der Waals surface area contributed by atoms with Gasteiger partial charge in [-0.2, -0.15) is 0 Å². The van der Waals surface area contributed by atoms with Gasteiger partial charge < -0.3 is 0 Å². The third kappa shape index (κ3) is 2.58. The highest BCUT2D eigenvalue weighted by Crippen LogP contribution is 2.43. The monoisotopic (exact) mass is 310 g/mol. The standard InChI is InChI=1S/C19H16ClP/c20-16-21(17-10-4-1-5-11-17,18-12-6-2-7-13-18)19-14-8-3-9-15-19/h1-16H. The maximum absolute atomic E-state index is 6.45. The molecular weight excluding hydrogens is 295 g/mol. The van der Waals surface area contributed by atoms with E-state index in [-0.39, 0.29) is 0 Å². The summed E-state index contributed by atoms with van der Waals surface area (Å²) in [6.07, 6.45) is 0. The summed E-state index contributed by atoms with van der Waals surface area (Å²) in [6, 6.07) is 31.7. The van der Waals surface area contributed by atoms with Crippen molar-refractivity contribution in [1.82, 2.24) is 0 Å². The molecule has 0 nitrogen and oxygen atoms in total. The highest BCUT2D eigenvalue weighted by Gasteiger charge is 2.23. The van der Waals surface area contributed by atoms with Crippen molar-refractivity contribution in [2.24, 2.45) is 0 Å². The van der Waals surface area contributed by atoms with Crippen LogP contribution in [0.5, 0.6) is 0 Å². The van der Waals surface area contributed by atoms with Gasteiger partial charge in [-0.3, -0.25) is 0 Å². The van der Waals surface area contributed by atoms with Crippen LogP contribution in [0.1, 0.15) is 0 Å². The Balaban J connectivity index is 2.35. The maximum atomic E-state index is 6.45. The minimum atomic E-state index is -1.89. The van der Waals surface area contributed by atoms with E-state index in [4.69, 9.17) is 11.6 Å². The van der Waals surface area contributed by atoms with E-state index in [9.17, 15) is 0 Å². The zero-order chi connectivity index (χ0) is 14.5. The van der Waals surface area contributed by atoms with E-state index in [1.807, 2.05) is 23.5 Å². The number of halogens is 1. The van der Waals surface area contributed by atoms with E-state index in [2.05, 4.69) is 72.8 Å². The Kier molecular flexibility index (Phi) is 4.29. The van der Waals surface area contributed by atoms with Crippen molar-refractivity contribution in [3.05, 3.63) is 91.0 Å². The maximum Gasteiger partial charge on any atom is 0.0141 e. The largest absolute Gasteiger partial charge is 0.0918 e. The van der Waals surface area contributed by atoms with Gasteiger partial charge in [0.1, 0.15) is 0 Å². The molecule has 21 heavy (non-hydrogen) atoms. The first-order chi connectivity index (χ1) is 10.4. The molecule has 3 rings (SSSR count). The van der Waals surface area contributed by atoms with Crippen LogP contribution >= 0.6 is 18.5 Å². The zero-order valence-electron chi connectivity index (χ0n) is 11.6. The van der Waals surface area contributed by atoms with Crippen molar-refractivity contribution >= 4 is 39.7 Å². The molecule has 0 radical (unpaired) electrons. The van der Waals surface area contributed by atoms with Crippen LogP contribution in [0.15, 0.2) is 91.0 Å². The fourth-order valence-corrected chi connectivity index (χ4v) is 6.78. The van der Waals surface area contributed by atoms with Crippen LogP contribution < -0.4 is 15.9 Å². The van der Waals surface area contributed by atoms with Gasteiger partial charge in [0.2, 0.25) is 0 Å². The molecule has 0 amide bonds. The first-order valence-electron chi connectivity index (χ1n) is 6.88. The Labute approximate surface area is 131 Å². The summed E-state index contributed by atoms with van der Waals surface area (Å²) in [5.74, 6) is 0. The van der Waals surface area contributed by atoms with Crippen LogP contribution in [-0.4, -0.2) is 5.26 Å². The van der Waals surface area contributed by atoms with E-state index in [1.54, 1.807) is 0 Å². The summed E-state index contributed by atoms with van der Waals surface area (Å²) in [5, 5.41) is 5.71. The quantitative estimate of drug-likeness (QED) is 0.642. The van der Waals surface area contributed by atoms with Gasteiger partial charge in [0, 0.05) is 5.26 Å². The van der Waals surface area contributed by atoms with Gasteiger partial charge in [-0.1, -0.05) is 103 Å². The second kappa shape index (κ2) is 6.35. The molecule has 0 N–H and O–H groups in total. The van der Waals surface area contributed by atoms with Gasteiger partial charge in [-0.25, -0.2) is 0 Å². The fraction of sp³-hybridized carbons (Fsp3) is 0. The van der Waals surface area contributed by atoms with Crippen molar-refractivity contribution < 1.29 is 0 Å². The Bertz CT molecular complexity index is 646. The normalized spacial score (nSPS) is 11.1. The van der Waals surface area contributed by atoms with Gasteiger partial charge >= 0.3 is 0 Å². The average Bonchev–Trinajstić information content (AvgIpc) is 2.59. The highest BCUT2D eigenvalue weighted by molar-refractivity contribution is 7.96. The number of hydrogen-bond acceptors (Lipinski definition) is 0. The minimum Gasteiger partial charge on any atom is -0.0918 e. The molecule has 0 atom stereocenters. The minimum absolute atomic E-state index is 1.28. The van der Waals surface area contributed by atoms with Gasteiger partial charge in [-0.15, -0.1) is 0 Å². The van der Waals surface area contributed by atoms with Crippen molar-refractivity contribution in [2.45, 2.75) is 0 Å². The first-order valence-corrected chi connectivity index (χ1v) is 9.17. The van der Waals surface area contributed by atoms with Gasteiger partial charge in [0.25, 0.3) is 0 Å². The smallest absolute Gasteiger partial charge is 0.0141 e. The SMILES string of the molecule is ClC=P(c1ccccc1)(c1ccccc1)c1ccccc1. The highest BCUT2D eigenvalue weighted by atomic mass is 35.5. The van der Waals surface area contributed by atoms with Crippen molar-refractivity contribution in [2.75, 3.05) is 0 Å². The van der Waals surface area contributed by atoms with Crippen LogP contribution in [0.25, 0.3) is 0 Å². The lowest BCUT2D eigenvalue weighted by Gasteiger charge is -2.27. The third-order valence-corrected chi connectivity index (χ3v) is 8.15. The molecule has 3 aromatic carbocycles. The third-order valence-electron chi connectivity index (χ3n) is 3.64. The summed E-state index contributed by atoms with van der Waals surface area (Å²) < 4.78 is 0. The molecule has 0 spiro atoms. The van der Waals surface area contributed by atoms with Crippen LogP contribution in [0.4, 0.5) is 0 Å². The summed E-state index contributed by atoms with van der Waals surface area (Å²) >= 11 is 6.45. The second-order valence-corrected chi connectivity index (χ2v) is 8.60. The zero-order valence-corrected chi connectivity index (χ0v) is 13.2. The molecule has 0 unspecified atom stereocenters. The Morgan fingerprint density at radius 2 is 0.810 bits per heavy atom. The second-order valence-electron chi connectivity index (χ2n) is 4.83. The van der Waals surface area contributed by atoms with Crippen molar-refractivity contribution in [3.63, 3.8) is 0 Å². The summed E-state index contributed by atoms with van der Waals surface area (Å²) in [5.41, 5.74) is 0. The summed E-state index contributed by atoms with van der Waals surface area (Å²) in [7, 11) is 0. The number of hydrogen-bond donors (Lipinski definition) is 0. The predicted molar refractivity (Wildman–Crippen MR) is 97.1 cm³/mol. The molecule has 0 fully saturated rings. The molecule has 0 heterocycles. The average molecular weight is 311 g/mol. The first kappa shape index (κ1) is 14.2. The lowest BCUT2D eigenvalue weighted by atomic mass is 10.4. The molecule has 0 saturated heterocycles. The molecule has 0 saturated carbocycles. The number of benzene rings is 3. The van der Waals surface area contributed by atoms with Crippen molar-refractivity contribution in [1.29, 1.82) is 0 Å². The van der Waals surface area contributed by atoms with Crippen LogP contribution in [-0.2, 0) is 0 Å². The van der Waals surface area contributed by atoms with E-state index in [0.29, 0.717) is 0 Å². The number of rotatable bonds is 3. The lowest BCUT2D eigenvalue weighted by Crippen LogP contribution is -2.26. The summed E-state index contributed by atoms with van der Waals surface area (Å²) in [6.45, 7) is -1.89. The van der Waals surface area contributed by atoms with Crippen LogP contribution in [0.2, 0.25) is 0 Å². The molecule has 3 aromatic rings. The Hall–Kier alpha value is -1.75. The predicted octanol–water partition coefficient (Wildman–Crippen LogP) is 3.98. The van der Waals surface area contributed by atoms with Crippen LogP contribution in [0.3, 0.4) is 0 Å². The topological polar surface area (TPSA) is 0 Å². The Morgan fingerprint density at radius 3 is 1.05 bits per heavy atom. The molecule has 104 valence electrons. The lowest BCUT2D eigenvalue weighted by molar-refractivity contribution is 1.73. The van der Waals surface area contributed by atoms with Gasteiger partial charge in [0.15, 0.2) is 0 Å². The molecule has 0 aliphatic rings. The molecular formula is C19H16ClP. The molecule has 0 aromatic heterocycles. The van der Waals surface area contributed by atoms with Gasteiger partial charge in [0.05, 0.1) is 0 Å². The Morgan fingerprint density at radius 1 is 0.524 bits per heavy atom. The van der Waals surface area contributed by atoms with E-state index >= 15 is 0 Å². The van der Waals surface area contributed by atoms with Gasteiger partial charge in [-0.05, 0) is 22.8 Å². The van der Waals surface area contributed by atoms with E-state index < -0.39 is 6.89 Å².